The summed E-state index contributed by atoms with van der Waals surface area (Å²) in [6.07, 6.45) is 0. The van der Waals surface area contributed by atoms with E-state index >= 15 is 0 Å². The number of fused-ring (bicyclic) bond motifs is 1. The van der Waals surface area contributed by atoms with Gasteiger partial charge in [0.2, 0.25) is 0 Å². The number of pyridine rings is 1. The molecule has 3 rings (SSSR count). The Balaban J connectivity index is 1.88. The van der Waals surface area contributed by atoms with Gasteiger partial charge in [-0.15, -0.1) is 0 Å². The Bertz CT molecular complexity index is 1220. The van der Waals surface area contributed by atoms with Crippen molar-refractivity contribution in [1.82, 2.24) is 9.99 Å². The Morgan fingerprint density at radius 1 is 1.12 bits per heavy atom. The molecule has 0 spiro atoms. The molecule has 2 aromatic carbocycles. The lowest BCUT2D eigenvalue weighted by Gasteiger charge is -2.17. The maximum Gasteiger partial charge on any atom is 0.313 e. The van der Waals surface area contributed by atoms with Crippen LogP contribution in [0.15, 0.2) is 59.4 Å². The van der Waals surface area contributed by atoms with Crippen LogP contribution in [-0.4, -0.2) is 35.7 Å². The molecule has 4 N–H and O–H groups in total. The van der Waals surface area contributed by atoms with Crippen molar-refractivity contribution in [2.45, 2.75) is 12.8 Å². The summed E-state index contributed by atoms with van der Waals surface area (Å²) < 4.78 is 6.29. The first kappa shape index (κ1) is 22.8. The third-order valence-corrected chi connectivity index (χ3v) is 4.99. The van der Waals surface area contributed by atoms with Crippen LogP contribution in [-0.2, 0) is 9.53 Å². The first-order valence-corrected chi connectivity index (χ1v) is 10.1. The van der Waals surface area contributed by atoms with E-state index in [1.54, 1.807) is 55.5 Å². The van der Waals surface area contributed by atoms with E-state index in [9.17, 15) is 19.2 Å². The van der Waals surface area contributed by atoms with Gasteiger partial charge < -0.3 is 15.8 Å². The second-order valence-corrected chi connectivity index (χ2v) is 7.35. The number of hydrogen-bond acceptors (Lipinski definition) is 5. The van der Waals surface area contributed by atoms with Crippen molar-refractivity contribution in [2.24, 2.45) is 5.73 Å². The van der Waals surface area contributed by atoms with Gasteiger partial charge in [0.1, 0.15) is 6.61 Å². The minimum atomic E-state index is -0.761. The molecule has 1 atom stereocenters. The van der Waals surface area contributed by atoms with Gasteiger partial charge in [0.15, 0.2) is 0 Å². The smallest absolute Gasteiger partial charge is 0.313 e. The first-order chi connectivity index (χ1) is 15.3. The summed E-state index contributed by atoms with van der Waals surface area (Å²) >= 11 is 5.86. The number of halogens is 1. The fraction of sp³-hybridized carbons (Fsp3) is 0.182. The summed E-state index contributed by atoms with van der Waals surface area (Å²) in [5.41, 5.74) is 8.25. The average molecular weight is 457 g/mol. The number of para-hydroxylation sites is 1. The predicted octanol–water partition coefficient (Wildman–Crippen LogP) is 2.35. The number of amides is 3. The van der Waals surface area contributed by atoms with E-state index in [0.29, 0.717) is 27.1 Å². The largest absolute Gasteiger partial charge is 0.463 e. The van der Waals surface area contributed by atoms with Crippen LogP contribution in [0.2, 0.25) is 5.02 Å². The molecule has 3 aromatic rings. The summed E-state index contributed by atoms with van der Waals surface area (Å²) in [6.45, 7) is 1.63. The van der Waals surface area contributed by atoms with Crippen molar-refractivity contribution < 1.29 is 19.1 Å². The minimum Gasteiger partial charge on any atom is -0.463 e. The molecule has 0 aliphatic heterocycles. The number of nitrogens with zero attached hydrogens (tertiary/aromatic N) is 1. The number of aromatic nitrogens is 1. The molecule has 0 aliphatic rings. The van der Waals surface area contributed by atoms with Crippen LogP contribution in [0.1, 0.15) is 28.8 Å². The number of primary amides is 1. The fourth-order valence-electron chi connectivity index (χ4n) is 3.13. The molecule has 32 heavy (non-hydrogen) atoms. The number of carbonyl (C=O) groups excluding carboxylic acids is 3. The molecule has 1 heterocycles. The van der Waals surface area contributed by atoms with E-state index in [0.717, 1.165) is 4.68 Å². The van der Waals surface area contributed by atoms with Crippen molar-refractivity contribution in [3.05, 3.63) is 81.1 Å². The Kier molecular flexibility index (Phi) is 7.11. The van der Waals surface area contributed by atoms with Crippen molar-refractivity contribution >= 4 is 40.4 Å². The number of carbonyl (C=O) groups is 3. The SMILES string of the molecule is CC(C(=O)OCCNC(N)=O)c1cc(=O)n(NC(=O)c2ccc(Cl)cc2)c2ccccc12. The highest BCUT2D eigenvalue weighted by Crippen LogP contribution is 2.25. The highest BCUT2D eigenvalue weighted by atomic mass is 35.5. The maximum absolute atomic E-state index is 12.9. The molecule has 0 bridgehead atoms. The van der Waals surface area contributed by atoms with Gasteiger partial charge >= 0.3 is 12.0 Å². The molecule has 10 heteroatoms. The summed E-state index contributed by atoms with van der Waals surface area (Å²) in [7, 11) is 0. The Hall–Kier alpha value is -3.85. The number of nitrogens with two attached hydrogens (primary N) is 1. The van der Waals surface area contributed by atoms with Crippen LogP contribution in [0.5, 0.6) is 0 Å². The van der Waals surface area contributed by atoms with E-state index in [2.05, 4.69) is 10.7 Å². The van der Waals surface area contributed by atoms with Gasteiger partial charge in [0.25, 0.3) is 11.5 Å². The van der Waals surface area contributed by atoms with Crippen LogP contribution < -0.4 is 22.0 Å². The second-order valence-electron chi connectivity index (χ2n) is 6.92. The summed E-state index contributed by atoms with van der Waals surface area (Å²) in [4.78, 5) is 48.6. The van der Waals surface area contributed by atoms with Gasteiger partial charge in [0.05, 0.1) is 18.0 Å². The molecule has 3 amide bonds. The van der Waals surface area contributed by atoms with E-state index < -0.39 is 29.4 Å². The van der Waals surface area contributed by atoms with E-state index in [1.807, 2.05) is 0 Å². The average Bonchev–Trinajstić information content (AvgIpc) is 2.78. The van der Waals surface area contributed by atoms with Crippen LogP contribution in [0, 0.1) is 0 Å². The van der Waals surface area contributed by atoms with Crippen molar-refractivity contribution in [3.63, 3.8) is 0 Å². The van der Waals surface area contributed by atoms with Gasteiger partial charge in [-0.3, -0.25) is 19.8 Å². The van der Waals surface area contributed by atoms with Crippen LogP contribution in [0.3, 0.4) is 0 Å². The zero-order chi connectivity index (χ0) is 23.3. The highest BCUT2D eigenvalue weighted by molar-refractivity contribution is 6.30. The number of benzene rings is 2. The molecule has 0 fully saturated rings. The van der Waals surface area contributed by atoms with Crippen LogP contribution >= 0.6 is 11.6 Å². The fourth-order valence-corrected chi connectivity index (χ4v) is 3.25. The number of nitrogens with one attached hydrogen (secondary N) is 2. The molecule has 1 aromatic heterocycles. The van der Waals surface area contributed by atoms with Gasteiger partial charge in [-0.05, 0) is 42.8 Å². The molecule has 1 unspecified atom stereocenters. The number of hydrogen-bond donors (Lipinski definition) is 3. The standard InChI is InChI=1S/C22H21ClN4O5/c1-13(21(30)32-11-10-25-22(24)31)17-12-19(28)27(18-5-3-2-4-16(17)18)26-20(29)14-6-8-15(23)9-7-14/h2-9,12-13H,10-11H2,1H3,(H,26,29)(H3,24,25,31). The van der Waals surface area contributed by atoms with Gasteiger partial charge in [-0.2, -0.15) is 0 Å². The Morgan fingerprint density at radius 2 is 1.81 bits per heavy atom. The normalized spacial score (nSPS) is 11.6. The summed E-state index contributed by atoms with van der Waals surface area (Å²) in [6, 6.07) is 13.7. The number of esters is 1. The second kappa shape index (κ2) is 9.97. The molecular formula is C22H21ClN4O5. The van der Waals surface area contributed by atoms with Gasteiger partial charge in [0, 0.05) is 22.0 Å². The van der Waals surface area contributed by atoms with E-state index in [-0.39, 0.29) is 13.2 Å². The third-order valence-electron chi connectivity index (χ3n) is 4.74. The van der Waals surface area contributed by atoms with Crippen molar-refractivity contribution in [2.75, 3.05) is 18.6 Å². The lowest BCUT2D eigenvalue weighted by molar-refractivity contribution is -0.144. The van der Waals surface area contributed by atoms with Crippen molar-refractivity contribution in [3.8, 4) is 0 Å². The third kappa shape index (κ3) is 5.25. The Morgan fingerprint density at radius 3 is 2.50 bits per heavy atom. The molecule has 0 saturated carbocycles. The lowest BCUT2D eigenvalue weighted by atomic mass is 9.97. The van der Waals surface area contributed by atoms with E-state index in [4.69, 9.17) is 22.1 Å². The molecule has 0 aliphatic carbocycles. The Labute approximate surface area is 188 Å². The topological polar surface area (TPSA) is 133 Å². The van der Waals surface area contributed by atoms with Crippen LogP contribution in [0.4, 0.5) is 4.79 Å². The summed E-state index contributed by atoms with van der Waals surface area (Å²) in [5.74, 6) is -1.82. The molecule has 9 nitrogen and oxygen atoms in total. The number of ether oxygens (including phenoxy) is 1. The lowest BCUT2D eigenvalue weighted by Crippen LogP contribution is -2.34. The van der Waals surface area contributed by atoms with Crippen molar-refractivity contribution in [1.29, 1.82) is 0 Å². The zero-order valence-corrected chi connectivity index (χ0v) is 17.9. The highest BCUT2D eigenvalue weighted by Gasteiger charge is 2.22. The first-order valence-electron chi connectivity index (χ1n) is 9.69. The molecule has 0 radical (unpaired) electrons. The molecule has 0 saturated heterocycles. The quantitative estimate of drug-likeness (QED) is 0.371. The number of rotatable bonds is 7. The van der Waals surface area contributed by atoms with Gasteiger partial charge in [-0.1, -0.05) is 29.8 Å². The zero-order valence-electron chi connectivity index (χ0n) is 17.1. The molecular weight excluding hydrogens is 436 g/mol. The van der Waals surface area contributed by atoms with E-state index in [1.165, 1.54) is 6.07 Å². The summed E-state index contributed by atoms with van der Waals surface area (Å²) in [5, 5.41) is 3.41. The minimum absolute atomic E-state index is 0.0573. The molecule has 166 valence electrons. The monoisotopic (exact) mass is 456 g/mol. The number of urea groups is 1. The van der Waals surface area contributed by atoms with Crippen LogP contribution in [0.25, 0.3) is 10.9 Å². The maximum atomic E-state index is 12.9. The predicted molar refractivity (Wildman–Crippen MR) is 120 cm³/mol. The van der Waals surface area contributed by atoms with Gasteiger partial charge in [-0.25, -0.2) is 9.47 Å².